The zero-order chi connectivity index (χ0) is 15.4. The number of rotatable bonds is 6. The van der Waals surface area contributed by atoms with Crippen LogP contribution >= 0.6 is 0 Å². The lowest BCUT2D eigenvalue weighted by atomic mass is 10.1. The minimum Gasteiger partial charge on any atom is -0.366 e. The molecule has 1 heterocycles. The van der Waals surface area contributed by atoms with Crippen molar-refractivity contribution >= 4 is 5.91 Å². The van der Waals surface area contributed by atoms with Gasteiger partial charge in [-0.1, -0.05) is 31.5 Å². The fourth-order valence-corrected chi connectivity index (χ4v) is 2.16. The van der Waals surface area contributed by atoms with Gasteiger partial charge >= 0.3 is 0 Å². The van der Waals surface area contributed by atoms with E-state index in [1.54, 1.807) is 10.9 Å². The molecule has 1 amide bonds. The van der Waals surface area contributed by atoms with Crippen LogP contribution in [0.2, 0.25) is 0 Å². The number of nitrogens with zero attached hydrogens (tertiary/aromatic N) is 2. The van der Waals surface area contributed by atoms with E-state index in [1.165, 1.54) is 11.8 Å². The number of aromatic nitrogens is 2. The van der Waals surface area contributed by atoms with Gasteiger partial charge in [0.15, 0.2) is 0 Å². The van der Waals surface area contributed by atoms with Gasteiger partial charge in [0.25, 0.3) is 5.91 Å². The molecule has 2 aromatic rings. The SMILES string of the molecule is Cc1ccc(-n2cc(C(N)=O)cn2)c(CNCC(C)C)c1. The summed E-state index contributed by atoms with van der Waals surface area (Å²) in [4.78, 5) is 11.2. The van der Waals surface area contributed by atoms with Gasteiger partial charge in [0, 0.05) is 12.7 Å². The highest BCUT2D eigenvalue weighted by Gasteiger charge is 2.09. The first-order valence-electron chi connectivity index (χ1n) is 7.12. The Morgan fingerprint density at radius 2 is 2.19 bits per heavy atom. The second-order valence-electron chi connectivity index (χ2n) is 5.69. The molecule has 1 aromatic carbocycles. The van der Waals surface area contributed by atoms with Crippen LogP contribution in [0.25, 0.3) is 5.69 Å². The molecular formula is C16H22N4O. The maximum atomic E-state index is 11.2. The number of carbonyl (C=O) groups is 1. The molecule has 0 saturated carbocycles. The number of aryl methyl sites for hydroxylation is 1. The summed E-state index contributed by atoms with van der Waals surface area (Å²) in [7, 11) is 0. The topological polar surface area (TPSA) is 72.9 Å². The van der Waals surface area contributed by atoms with Crippen LogP contribution in [0.1, 0.15) is 35.3 Å². The molecule has 0 bridgehead atoms. The second-order valence-corrected chi connectivity index (χ2v) is 5.69. The Bertz CT molecular complexity index is 631. The van der Waals surface area contributed by atoms with E-state index in [0.717, 1.165) is 24.3 Å². The first-order valence-corrected chi connectivity index (χ1v) is 7.12. The molecule has 0 radical (unpaired) electrons. The van der Waals surface area contributed by atoms with Crippen LogP contribution in [-0.2, 0) is 6.54 Å². The summed E-state index contributed by atoms with van der Waals surface area (Å²) in [6.45, 7) is 8.14. The van der Waals surface area contributed by atoms with Gasteiger partial charge in [-0.05, 0) is 31.0 Å². The van der Waals surface area contributed by atoms with E-state index in [1.807, 2.05) is 12.1 Å². The van der Waals surface area contributed by atoms with Gasteiger partial charge in [0.1, 0.15) is 0 Å². The number of hydrogen-bond donors (Lipinski definition) is 2. The summed E-state index contributed by atoms with van der Waals surface area (Å²) in [5.74, 6) is 0.136. The number of nitrogens with two attached hydrogens (primary N) is 1. The number of carbonyl (C=O) groups excluding carboxylic acids is 1. The fourth-order valence-electron chi connectivity index (χ4n) is 2.16. The number of hydrogen-bond acceptors (Lipinski definition) is 3. The van der Waals surface area contributed by atoms with Crippen molar-refractivity contribution in [3.8, 4) is 5.69 Å². The van der Waals surface area contributed by atoms with E-state index in [9.17, 15) is 4.79 Å². The molecule has 0 atom stereocenters. The largest absolute Gasteiger partial charge is 0.366 e. The molecule has 21 heavy (non-hydrogen) atoms. The van der Waals surface area contributed by atoms with E-state index in [-0.39, 0.29) is 0 Å². The first kappa shape index (κ1) is 15.3. The van der Waals surface area contributed by atoms with E-state index in [4.69, 9.17) is 5.73 Å². The van der Waals surface area contributed by atoms with Gasteiger partial charge in [-0.25, -0.2) is 4.68 Å². The zero-order valence-corrected chi connectivity index (χ0v) is 12.8. The number of primary amides is 1. The Morgan fingerprint density at radius 3 is 2.81 bits per heavy atom. The van der Waals surface area contributed by atoms with Crippen molar-refractivity contribution in [2.24, 2.45) is 11.7 Å². The van der Waals surface area contributed by atoms with Crippen molar-refractivity contribution in [1.82, 2.24) is 15.1 Å². The molecule has 0 spiro atoms. The number of nitrogens with one attached hydrogen (secondary N) is 1. The standard InChI is InChI=1S/C16H22N4O/c1-11(2)7-18-8-13-6-12(3)4-5-15(13)20-10-14(9-19-20)16(17)21/h4-6,9-11,18H,7-8H2,1-3H3,(H2,17,21). The van der Waals surface area contributed by atoms with E-state index >= 15 is 0 Å². The number of benzene rings is 1. The summed E-state index contributed by atoms with van der Waals surface area (Å²) < 4.78 is 1.70. The molecule has 0 unspecified atom stereocenters. The van der Waals surface area contributed by atoms with Crippen LogP contribution in [0.15, 0.2) is 30.6 Å². The average molecular weight is 286 g/mol. The highest BCUT2D eigenvalue weighted by atomic mass is 16.1. The third kappa shape index (κ3) is 3.92. The van der Waals surface area contributed by atoms with Crippen molar-refractivity contribution in [2.75, 3.05) is 6.54 Å². The second kappa shape index (κ2) is 6.54. The summed E-state index contributed by atoms with van der Waals surface area (Å²) in [5, 5.41) is 7.66. The molecule has 3 N–H and O–H groups in total. The highest BCUT2D eigenvalue weighted by molar-refractivity contribution is 5.92. The Labute approximate surface area is 125 Å². The lowest BCUT2D eigenvalue weighted by Gasteiger charge is -2.13. The minimum absolute atomic E-state index is 0.414. The lowest BCUT2D eigenvalue weighted by molar-refractivity contribution is 0.100. The summed E-state index contributed by atoms with van der Waals surface area (Å²) in [5.41, 5.74) is 9.00. The Morgan fingerprint density at radius 1 is 1.43 bits per heavy atom. The van der Waals surface area contributed by atoms with Crippen LogP contribution in [0, 0.1) is 12.8 Å². The van der Waals surface area contributed by atoms with Crippen LogP contribution < -0.4 is 11.1 Å². The molecule has 5 nitrogen and oxygen atoms in total. The molecule has 0 saturated heterocycles. The molecule has 0 aliphatic heterocycles. The van der Waals surface area contributed by atoms with Crippen LogP contribution in [0.4, 0.5) is 0 Å². The highest BCUT2D eigenvalue weighted by Crippen LogP contribution is 2.17. The van der Waals surface area contributed by atoms with Gasteiger partial charge in [0.05, 0.1) is 17.4 Å². The van der Waals surface area contributed by atoms with Crippen molar-refractivity contribution in [3.63, 3.8) is 0 Å². The molecule has 0 aliphatic carbocycles. The van der Waals surface area contributed by atoms with Gasteiger partial charge in [0.2, 0.25) is 0 Å². The average Bonchev–Trinajstić information content (AvgIpc) is 2.88. The van der Waals surface area contributed by atoms with Crippen molar-refractivity contribution in [3.05, 3.63) is 47.3 Å². The predicted octanol–water partition coefficient (Wildman–Crippen LogP) is 2.03. The fraction of sp³-hybridized carbons (Fsp3) is 0.375. The van der Waals surface area contributed by atoms with E-state index in [2.05, 4.69) is 37.3 Å². The van der Waals surface area contributed by atoms with Crippen LogP contribution in [-0.4, -0.2) is 22.2 Å². The van der Waals surface area contributed by atoms with Gasteiger partial charge < -0.3 is 11.1 Å². The Balaban J connectivity index is 2.26. The molecular weight excluding hydrogens is 264 g/mol. The van der Waals surface area contributed by atoms with Crippen molar-refractivity contribution < 1.29 is 4.79 Å². The third-order valence-corrected chi connectivity index (χ3v) is 3.22. The molecule has 5 heteroatoms. The molecule has 0 aliphatic rings. The summed E-state index contributed by atoms with van der Waals surface area (Å²) in [6.07, 6.45) is 3.16. The predicted molar refractivity (Wildman–Crippen MR) is 83.4 cm³/mol. The summed E-state index contributed by atoms with van der Waals surface area (Å²) >= 11 is 0. The molecule has 1 aromatic heterocycles. The summed E-state index contributed by atoms with van der Waals surface area (Å²) in [6, 6.07) is 6.18. The van der Waals surface area contributed by atoms with Crippen molar-refractivity contribution in [2.45, 2.75) is 27.3 Å². The van der Waals surface area contributed by atoms with Gasteiger partial charge in [-0.3, -0.25) is 4.79 Å². The minimum atomic E-state index is -0.465. The van der Waals surface area contributed by atoms with Gasteiger partial charge in [-0.15, -0.1) is 0 Å². The van der Waals surface area contributed by atoms with Crippen LogP contribution in [0.3, 0.4) is 0 Å². The monoisotopic (exact) mass is 286 g/mol. The van der Waals surface area contributed by atoms with Gasteiger partial charge in [-0.2, -0.15) is 5.10 Å². The maximum Gasteiger partial charge on any atom is 0.251 e. The maximum absolute atomic E-state index is 11.2. The molecule has 112 valence electrons. The van der Waals surface area contributed by atoms with E-state index < -0.39 is 5.91 Å². The lowest BCUT2D eigenvalue weighted by Crippen LogP contribution is -2.20. The smallest absolute Gasteiger partial charge is 0.251 e. The molecule has 2 rings (SSSR count). The number of amides is 1. The third-order valence-electron chi connectivity index (χ3n) is 3.22. The van der Waals surface area contributed by atoms with Crippen LogP contribution in [0.5, 0.6) is 0 Å². The quantitative estimate of drug-likeness (QED) is 0.853. The normalized spacial score (nSPS) is 11.0. The Hall–Kier alpha value is -2.14. The Kier molecular flexibility index (Phi) is 4.75. The van der Waals surface area contributed by atoms with Crippen molar-refractivity contribution in [1.29, 1.82) is 0 Å². The molecule has 0 fully saturated rings. The van der Waals surface area contributed by atoms with E-state index in [0.29, 0.717) is 11.5 Å². The zero-order valence-electron chi connectivity index (χ0n) is 12.8. The first-order chi connectivity index (χ1) is 9.97.